The quantitative estimate of drug-likeness (QED) is 0.518. The molecule has 2 aromatic heterocycles. The predicted octanol–water partition coefficient (Wildman–Crippen LogP) is 1.19. The number of anilines is 3. The van der Waals surface area contributed by atoms with Gasteiger partial charge in [0.15, 0.2) is 11.5 Å². The molecule has 5 rings (SSSR count). The second kappa shape index (κ2) is 10.1. The summed E-state index contributed by atoms with van der Waals surface area (Å²) >= 11 is 0. The lowest BCUT2D eigenvalue weighted by molar-refractivity contribution is -0.133. The van der Waals surface area contributed by atoms with E-state index in [2.05, 4.69) is 25.7 Å². The minimum Gasteiger partial charge on any atom is -0.364 e. The molecular formula is C24H33N9O3. The number of hydrogen-bond acceptors (Lipinski definition) is 8. The topological polar surface area (TPSA) is 151 Å². The first kappa shape index (κ1) is 24.0. The molecule has 3 aliphatic rings. The summed E-state index contributed by atoms with van der Waals surface area (Å²) in [5.74, 6) is 0.692. The molecule has 2 saturated heterocycles. The normalized spacial score (nSPS) is 20.8. The number of nitrogens with two attached hydrogens (primary N) is 1. The molecule has 1 aliphatic carbocycles. The molecule has 3 fully saturated rings. The van der Waals surface area contributed by atoms with Gasteiger partial charge in [-0.1, -0.05) is 0 Å². The minimum absolute atomic E-state index is 0.0366. The highest BCUT2D eigenvalue weighted by atomic mass is 16.2. The lowest BCUT2D eigenvalue weighted by atomic mass is 10.0. The molecular weight excluding hydrogens is 462 g/mol. The third kappa shape index (κ3) is 5.42. The summed E-state index contributed by atoms with van der Waals surface area (Å²) < 4.78 is 1.91. The van der Waals surface area contributed by atoms with Gasteiger partial charge in [0.1, 0.15) is 5.82 Å². The van der Waals surface area contributed by atoms with Gasteiger partial charge >= 0.3 is 0 Å². The van der Waals surface area contributed by atoms with Crippen molar-refractivity contribution in [1.29, 1.82) is 0 Å². The van der Waals surface area contributed by atoms with E-state index in [9.17, 15) is 14.4 Å². The van der Waals surface area contributed by atoms with Gasteiger partial charge in [0.2, 0.25) is 11.8 Å². The third-order valence-electron chi connectivity index (χ3n) is 7.09. The summed E-state index contributed by atoms with van der Waals surface area (Å²) in [6.07, 6.45) is 10.7. The SMILES string of the molecule is CC(=O)NC1CCCN(c2cnc(C(N)=O)c(Nc3cnn(C4CCN(C(=O)C5CC5)CC4)c3)n2)C1. The van der Waals surface area contributed by atoms with Crippen molar-refractivity contribution in [2.75, 3.05) is 36.4 Å². The van der Waals surface area contributed by atoms with Gasteiger partial charge in [-0.15, -0.1) is 0 Å². The number of hydrogen-bond donors (Lipinski definition) is 3. The summed E-state index contributed by atoms with van der Waals surface area (Å²) in [5, 5.41) is 10.6. The number of carbonyl (C=O) groups excluding carboxylic acids is 3. The van der Waals surface area contributed by atoms with Crippen LogP contribution in [0.3, 0.4) is 0 Å². The van der Waals surface area contributed by atoms with Crippen LogP contribution in [0.2, 0.25) is 0 Å². The molecule has 2 aromatic rings. The molecule has 3 amide bonds. The Hall–Kier alpha value is -3.70. The van der Waals surface area contributed by atoms with Gasteiger partial charge in [-0.25, -0.2) is 9.97 Å². The van der Waals surface area contributed by atoms with Gasteiger partial charge in [0.05, 0.1) is 24.1 Å². The summed E-state index contributed by atoms with van der Waals surface area (Å²) in [6, 6.07) is 0.241. The van der Waals surface area contributed by atoms with E-state index in [4.69, 9.17) is 5.73 Å². The largest absolute Gasteiger partial charge is 0.364 e. The molecule has 1 unspecified atom stereocenters. The summed E-state index contributed by atoms with van der Waals surface area (Å²) in [7, 11) is 0. The molecule has 1 saturated carbocycles. The maximum atomic E-state index is 12.3. The zero-order chi connectivity index (χ0) is 25.2. The molecule has 1 atom stereocenters. The van der Waals surface area contributed by atoms with E-state index in [0.29, 0.717) is 24.0 Å². The first-order valence-corrected chi connectivity index (χ1v) is 12.7. The Morgan fingerprint density at radius 2 is 1.83 bits per heavy atom. The number of carbonyl (C=O) groups is 3. The monoisotopic (exact) mass is 495 g/mol. The number of nitrogens with zero attached hydrogens (tertiary/aromatic N) is 6. The maximum Gasteiger partial charge on any atom is 0.271 e. The number of rotatable bonds is 7. The van der Waals surface area contributed by atoms with Crippen molar-refractivity contribution >= 4 is 35.0 Å². The molecule has 4 N–H and O–H groups in total. The second-order valence-corrected chi connectivity index (χ2v) is 9.94. The van der Waals surface area contributed by atoms with Crippen LogP contribution >= 0.6 is 0 Å². The first-order valence-electron chi connectivity index (χ1n) is 12.7. The van der Waals surface area contributed by atoms with Crippen LogP contribution in [0.25, 0.3) is 0 Å². The van der Waals surface area contributed by atoms with Crippen molar-refractivity contribution in [3.05, 3.63) is 24.3 Å². The fraction of sp³-hybridized carbons (Fsp3) is 0.583. The number of nitrogens with one attached hydrogen (secondary N) is 2. The summed E-state index contributed by atoms with van der Waals surface area (Å²) in [5.41, 5.74) is 6.29. The highest BCUT2D eigenvalue weighted by molar-refractivity contribution is 5.96. The van der Waals surface area contributed by atoms with Crippen molar-refractivity contribution in [2.24, 2.45) is 11.7 Å². The van der Waals surface area contributed by atoms with Gasteiger partial charge in [0.25, 0.3) is 5.91 Å². The highest BCUT2D eigenvalue weighted by Gasteiger charge is 2.35. The van der Waals surface area contributed by atoms with Crippen LogP contribution in [0.5, 0.6) is 0 Å². The predicted molar refractivity (Wildman–Crippen MR) is 133 cm³/mol. The molecule has 12 nitrogen and oxygen atoms in total. The first-order chi connectivity index (χ1) is 17.4. The Labute approximate surface area is 209 Å². The molecule has 0 radical (unpaired) electrons. The Balaban J connectivity index is 1.27. The van der Waals surface area contributed by atoms with Gasteiger partial charge in [-0.2, -0.15) is 5.10 Å². The average molecular weight is 496 g/mol. The van der Waals surface area contributed by atoms with E-state index in [0.717, 1.165) is 58.2 Å². The van der Waals surface area contributed by atoms with Crippen LogP contribution in [0, 0.1) is 5.92 Å². The molecule has 4 heterocycles. The van der Waals surface area contributed by atoms with Crippen LogP contribution < -0.4 is 21.3 Å². The van der Waals surface area contributed by atoms with E-state index in [1.165, 1.54) is 6.92 Å². The number of amides is 3. The van der Waals surface area contributed by atoms with Crippen LogP contribution in [0.15, 0.2) is 18.6 Å². The fourth-order valence-electron chi connectivity index (χ4n) is 5.07. The van der Waals surface area contributed by atoms with E-state index < -0.39 is 5.91 Å². The molecule has 0 bridgehead atoms. The maximum absolute atomic E-state index is 12.3. The van der Waals surface area contributed by atoms with Gasteiger partial charge < -0.3 is 26.2 Å². The lowest BCUT2D eigenvalue weighted by Crippen LogP contribution is -2.47. The molecule has 0 spiro atoms. The van der Waals surface area contributed by atoms with Crippen molar-refractivity contribution in [2.45, 2.75) is 57.5 Å². The standard InChI is InChI=1S/C24H33N9O3/c1-15(34)28-17-3-2-8-32(13-17)20-12-26-21(22(25)35)23(30-20)29-18-11-27-33(14-18)19-6-9-31(10-7-19)24(36)16-4-5-16/h11-12,14,16-17,19H,2-10,13H2,1H3,(H2,25,35)(H,28,34)(H,29,30). The van der Waals surface area contributed by atoms with Gasteiger partial charge in [-0.05, 0) is 38.5 Å². The van der Waals surface area contributed by atoms with Crippen molar-refractivity contribution < 1.29 is 14.4 Å². The Bertz CT molecular complexity index is 1140. The molecule has 0 aromatic carbocycles. The van der Waals surface area contributed by atoms with Crippen molar-refractivity contribution in [1.82, 2.24) is 30.0 Å². The van der Waals surface area contributed by atoms with Gasteiger partial charge in [-0.3, -0.25) is 19.1 Å². The average Bonchev–Trinajstić information content (AvgIpc) is 3.62. The Morgan fingerprint density at radius 1 is 1.06 bits per heavy atom. The van der Waals surface area contributed by atoms with Crippen molar-refractivity contribution in [3.8, 4) is 0 Å². The minimum atomic E-state index is -0.675. The number of likely N-dealkylation sites (tertiary alicyclic amines) is 1. The Kier molecular flexibility index (Phi) is 6.75. The van der Waals surface area contributed by atoms with Crippen LogP contribution in [-0.4, -0.2) is 74.6 Å². The Morgan fingerprint density at radius 3 is 2.53 bits per heavy atom. The van der Waals surface area contributed by atoms with E-state index >= 15 is 0 Å². The lowest BCUT2D eigenvalue weighted by Gasteiger charge is -2.33. The van der Waals surface area contributed by atoms with Crippen LogP contribution in [0.1, 0.15) is 62.0 Å². The number of piperidine rings is 2. The molecule has 36 heavy (non-hydrogen) atoms. The van der Waals surface area contributed by atoms with E-state index in [-0.39, 0.29) is 35.4 Å². The number of aromatic nitrogens is 4. The fourth-order valence-corrected chi connectivity index (χ4v) is 5.07. The summed E-state index contributed by atoms with van der Waals surface area (Å²) in [6.45, 7) is 4.40. The smallest absolute Gasteiger partial charge is 0.271 e. The van der Waals surface area contributed by atoms with Crippen LogP contribution in [0.4, 0.5) is 17.3 Å². The summed E-state index contributed by atoms with van der Waals surface area (Å²) in [4.78, 5) is 48.8. The highest BCUT2D eigenvalue weighted by Crippen LogP contribution is 2.33. The van der Waals surface area contributed by atoms with Crippen LogP contribution in [-0.2, 0) is 9.59 Å². The zero-order valence-electron chi connectivity index (χ0n) is 20.5. The van der Waals surface area contributed by atoms with E-state index in [1.807, 2.05) is 20.7 Å². The number of primary amides is 1. The molecule has 2 aliphatic heterocycles. The zero-order valence-corrected chi connectivity index (χ0v) is 20.5. The molecule has 192 valence electrons. The molecule has 12 heteroatoms. The van der Waals surface area contributed by atoms with Gasteiger partial charge in [0, 0.05) is 51.3 Å². The second-order valence-electron chi connectivity index (χ2n) is 9.94. The third-order valence-corrected chi connectivity index (χ3v) is 7.09. The van der Waals surface area contributed by atoms with E-state index in [1.54, 1.807) is 12.4 Å². The van der Waals surface area contributed by atoms with Crippen molar-refractivity contribution in [3.63, 3.8) is 0 Å².